The molecule has 106 valence electrons. The van der Waals surface area contributed by atoms with Gasteiger partial charge in [-0.1, -0.05) is 13.8 Å². The summed E-state index contributed by atoms with van der Waals surface area (Å²) in [6.45, 7) is 4.00. The fourth-order valence-corrected chi connectivity index (χ4v) is 2.94. The maximum absolute atomic E-state index is 11.8. The minimum Gasteiger partial charge on any atom is -0.497 e. The van der Waals surface area contributed by atoms with Crippen LogP contribution in [0.1, 0.15) is 35.1 Å². The number of aromatic nitrogens is 1. The number of nitrogens with one attached hydrogen (secondary N) is 1. The molecule has 6 heteroatoms. The Morgan fingerprint density at radius 1 is 1.35 bits per heavy atom. The molecule has 0 saturated carbocycles. The van der Waals surface area contributed by atoms with Crippen LogP contribution in [0.2, 0.25) is 0 Å². The van der Waals surface area contributed by atoms with E-state index < -0.39 is 0 Å². The van der Waals surface area contributed by atoms with E-state index in [-0.39, 0.29) is 11.8 Å². The smallest absolute Gasteiger partial charge is 0.277 e. The van der Waals surface area contributed by atoms with Crippen molar-refractivity contribution in [2.45, 2.75) is 19.8 Å². The standard InChI is InChI=1S/C14H17N3O2S/c1-8(2)11-12(13(18)17-15)20-14(16-11)9-4-6-10(19-3)7-5-9/h4-8H,15H2,1-3H3,(H,17,18). The van der Waals surface area contributed by atoms with Crippen LogP contribution in [0, 0.1) is 0 Å². The van der Waals surface area contributed by atoms with Crippen LogP contribution in [0.4, 0.5) is 0 Å². The van der Waals surface area contributed by atoms with Crippen LogP contribution in [0.5, 0.6) is 5.75 Å². The van der Waals surface area contributed by atoms with Crippen LogP contribution in [0.15, 0.2) is 24.3 Å². The highest BCUT2D eigenvalue weighted by Gasteiger charge is 2.20. The predicted molar refractivity (Wildman–Crippen MR) is 79.8 cm³/mol. The number of nitrogen functional groups attached to an aromatic ring is 1. The molecule has 2 rings (SSSR count). The van der Waals surface area contributed by atoms with Gasteiger partial charge in [0.25, 0.3) is 5.91 Å². The maximum Gasteiger partial charge on any atom is 0.277 e. The zero-order valence-electron chi connectivity index (χ0n) is 11.6. The molecule has 0 radical (unpaired) electrons. The maximum atomic E-state index is 11.8. The van der Waals surface area contributed by atoms with Gasteiger partial charge < -0.3 is 4.74 Å². The van der Waals surface area contributed by atoms with Gasteiger partial charge in [0, 0.05) is 5.56 Å². The molecule has 20 heavy (non-hydrogen) atoms. The summed E-state index contributed by atoms with van der Waals surface area (Å²) in [5.41, 5.74) is 3.89. The summed E-state index contributed by atoms with van der Waals surface area (Å²) in [6, 6.07) is 7.58. The number of carbonyl (C=O) groups is 1. The number of amides is 1. The molecular formula is C14H17N3O2S. The minimum absolute atomic E-state index is 0.158. The zero-order chi connectivity index (χ0) is 14.7. The molecule has 1 aromatic carbocycles. The first kappa shape index (κ1) is 14.5. The van der Waals surface area contributed by atoms with Gasteiger partial charge in [0.2, 0.25) is 0 Å². The van der Waals surface area contributed by atoms with E-state index in [0.717, 1.165) is 22.0 Å². The Morgan fingerprint density at radius 3 is 2.50 bits per heavy atom. The molecule has 0 fully saturated rings. The second-order valence-corrected chi connectivity index (χ2v) is 5.59. The van der Waals surface area contributed by atoms with Gasteiger partial charge in [0.05, 0.1) is 12.8 Å². The molecule has 0 atom stereocenters. The molecule has 0 aliphatic carbocycles. The largest absolute Gasteiger partial charge is 0.497 e. The number of nitrogens with zero attached hydrogens (tertiary/aromatic N) is 1. The van der Waals surface area contributed by atoms with Crippen molar-refractivity contribution in [2.75, 3.05) is 7.11 Å². The number of thiazole rings is 1. The predicted octanol–water partition coefficient (Wildman–Crippen LogP) is 2.55. The lowest BCUT2D eigenvalue weighted by Gasteiger charge is -2.03. The van der Waals surface area contributed by atoms with Crippen LogP contribution in [0.3, 0.4) is 0 Å². The SMILES string of the molecule is COc1ccc(-c2nc(C(C)C)c(C(=O)NN)s2)cc1. The first-order valence-electron chi connectivity index (χ1n) is 6.23. The number of hydrogen-bond donors (Lipinski definition) is 2. The Labute approximate surface area is 121 Å². The van der Waals surface area contributed by atoms with Gasteiger partial charge in [-0.05, 0) is 30.2 Å². The molecular weight excluding hydrogens is 274 g/mol. The van der Waals surface area contributed by atoms with Crippen molar-refractivity contribution in [3.05, 3.63) is 34.8 Å². The molecule has 0 saturated heterocycles. The van der Waals surface area contributed by atoms with Crippen LogP contribution in [-0.2, 0) is 0 Å². The van der Waals surface area contributed by atoms with Crippen molar-refractivity contribution in [3.63, 3.8) is 0 Å². The molecule has 2 aromatic rings. The molecule has 0 aliphatic heterocycles. The summed E-state index contributed by atoms with van der Waals surface area (Å²) in [5, 5.41) is 0.801. The molecule has 0 aliphatic rings. The van der Waals surface area contributed by atoms with E-state index in [1.165, 1.54) is 11.3 Å². The third kappa shape index (κ3) is 2.81. The van der Waals surface area contributed by atoms with Crippen molar-refractivity contribution in [3.8, 4) is 16.3 Å². The normalized spacial score (nSPS) is 10.7. The first-order chi connectivity index (χ1) is 9.56. The number of ether oxygens (including phenoxy) is 1. The summed E-state index contributed by atoms with van der Waals surface area (Å²) in [5.74, 6) is 5.87. The van der Waals surface area contributed by atoms with Crippen LogP contribution in [0.25, 0.3) is 10.6 Å². The Kier molecular flexibility index (Phi) is 4.36. The third-order valence-corrected chi connectivity index (χ3v) is 3.99. The Hall–Kier alpha value is -1.92. The monoisotopic (exact) mass is 291 g/mol. The van der Waals surface area contributed by atoms with Gasteiger partial charge in [0.15, 0.2) is 0 Å². The number of hydrogen-bond acceptors (Lipinski definition) is 5. The highest BCUT2D eigenvalue weighted by Crippen LogP contribution is 2.32. The van der Waals surface area contributed by atoms with Crippen molar-refractivity contribution in [2.24, 2.45) is 5.84 Å². The summed E-state index contributed by atoms with van der Waals surface area (Å²) in [6.07, 6.45) is 0. The van der Waals surface area contributed by atoms with Gasteiger partial charge in [0.1, 0.15) is 15.6 Å². The average molecular weight is 291 g/mol. The van der Waals surface area contributed by atoms with E-state index >= 15 is 0 Å². The van der Waals surface area contributed by atoms with Crippen molar-refractivity contribution < 1.29 is 9.53 Å². The number of benzene rings is 1. The average Bonchev–Trinajstić information content (AvgIpc) is 2.92. The van der Waals surface area contributed by atoms with Crippen LogP contribution in [-0.4, -0.2) is 18.0 Å². The Balaban J connectivity index is 2.44. The molecule has 5 nitrogen and oxygen atoms in total. The summed E-state index contributed by atoms with van der Waals surface area (Å²) in [4.78, 5) is 16.9. The van der Waals surface area contributed by atoms with Crippen molar-refractivity contribution in [1.29, 1.82) is 0 Å². The second kappa shape index (κ2) is 6.02. The summed E-state index contributed by atoms with van der Waals surface area (Å²) >= 11 is 1.34. The fraction of sp³-hybridized carbons (Fsp3) is 0.286. The van der Waals surface area contributed by atoms with Crippen molar-refractivity contribution in [1.82, 2.24) is 10.4 Å². The highest BCUT2D eigenvalue weighted by atomic mass is 32.1. The lowest BCUT2D eigenvalue weighted by Crippen LogP contribution is -2.30. The number of carbonyl (C=O) groups excluding carboxylic acids is 1. The second-order valence-electron chi connectivity index (χ2n) is 4.59. The van der Waals surface area contributed by atoms with Gasteiger partial charge in [-0.15, -0.1) is 11.3 Å². The molecule has 0 spiro atoms. The highest BCUT2D eigenvalue weighted by molar-refractivity contribution is 7.17. The molecule has 0 bridgehead atoms. The van der Waals surface area contributed by atoms with Crippen LogP contribution < -0.4 is 16.0 Å². The minimum atomic E-state index is -0.300. The lowest BCUT2D eigenvalue weighted by molar-refractivity contribution is 0.0956. The number of nitrogens with two attached hydrogens (primary N) is 1. The topological polar surface area (TPSA) is 77.2 Å². The van der Waals surface area contributed by atoms with Crippen molar-refractivity contribution >= 4 is 17.2 Å². The van der Waals surface area contributed by atoms with Crippen LogP contribution >= 0.6 is 11.3 Å². The number of rotatable bonds is 4. The van der Waals surface area contributed by atoms with E-state index in [1.807, 2.05) is 38.1 Å². The van der Waals surface area contributed by atoms with Gasteiger partial charge in [-0.2, -0.15) is 0 Å². The lowest BCUT2D eigenvalue weighted by atomic mass is 10.1. The van der Waals surface area contributed by atoms with Gasteiger partial charge in [-0.25, -0.2) is 10.8 Å². The quantitative estimate of drug-likeness (QED) is 0.515. The number of hydrazine groups is 1. The molecule has 3 N–H and O–H groups in total. The molecule has 1 aromatic heterocycles. The van der Waals surface area contributed by atoms with E-state index in [4.69, 9.17) is 10.6 Å². The first-order valence-corrected chi connectivity index (χ1v) is 7.04. The zero-order valence-corrected chi connectivity index (χ0v) is 12.5. The third-order valence-electron chi connectivity index (χ3n) is 2.87. The van der Waals surface area contributed by atoms with E-state index in [1.54, 1.807) is 7.11 Å². The summed E-state index contributed by atoms with van der Waals surface area (Å²) < 4.78 is 5.13. The summed E-state index contributed by atoms with van der Waals surface area (Å²) in [7, 11) is 1.62. The fourth-order valence-electron chi connectivity index (χ4n) is 1.81. The molecule has 1 heterocycles. The van der Waals surface area contributed by atoms with Gasteiger partial charge in [-0.3, -0.25) is 10.2 Å². The number of methoxy groups -OCH3 is 1. The van der Waals surface area contributed by atoms with Gasteiger partial charge >= 0.3 is 0 Å². The van der Waals surface area contributed by atoms with E-state index in [2.05, 4.69) is 10.4 Å². The van der Waals surface area contributed by atoms with E-state index in [9.17, 15) is 4.79 Å². The Morgan fingerprint density at radius 2 is 2.00 bits per heavy atom. The molecule has 0 unspecified atom stereocenters. The molecule has 1 amide bonds. The Bertz CT molecular complexity index is 605. The van der Waals surface area contributed by atoms with E-state index in [0.29, 0.717) is 4.88 Å².